The molecule has 0 radical (unpaired) electrons. The van der Waals surface area contributed by atoms with Gasteiger partial charge in [0, 0.05) is 13.0 Å². The monoisotopic (exact) mass is 282 g/mol. The third-order valence-electron chi connectivity index (χ3n) is 5.30. The van der Waals surface area contributed by atoms with Gasteiger partial charge in [-0.05, 0) is 37.8 Å². The molecule has 6 heteroatoms. The largest absolute Gasteiger partial charge is 0.481 e. The average Bonchev–Trinajstić information content (AvgIpc) is 2.91. The summed E-state index contributed by atoms with van der Waals surface area (Å²) in [5.74, 6) is -1.27. The quantitative estimate of drug-likeness (QED) is 0.758. The van der Waals surface area contributed by atoms with Gasteiger partial charge in [-0.15, -0.1) is 0 Å². The van der Waals surface area contributed by atoms with E-state index in [-0.39, 0.29) is 29.9 Å². The first-order valence-electron chi connectivity index (χ1n) is 7.33. The first kappa shape index (κ1) is 13.8. The molecule has 1 amide bonds. The highest BCUT2D eigenvalue weighted by Gasteiger charge is 2.59. The number of hydrogen-bond donors (Lipinski definition) is 2. The van der Waals surface area contributed by atoms with Crippen LogP contribution in [-0.4, -0.2) is 61.3 Å². The second-order valence-electron chi connectivity index (χ2n) is 6.37. The van der Waals surface area contributed by atoms with E-state index in [1.54, 1.807) is 11.9 Å². The summed E-state index contributed by atoms with van der Waals surface area (Å²) >= 11 is 0. The first-order valence-corrected chi connectivity index (χ1v) is 7.33. The zero-order valence-corrected chi connectivity index (χ0v) is 11.8. The van der Waals surface area contributed by atoms with Crippen molar-refractivity contribution < 1.29 is 19.4 Å². The number of rotatable bonds is 3. The van der Waals surface area contributed by atoms with E-state index in [1.165, 1.54) is 0 Å². The van der Waals surface area contributed by atoms with E-state index in [0.29, 0.717) is 6.61 Å². The number of ether oxygens (including phenoxy) is 1. The van der Waals surface area contributed by atoms with Gasteiger partial charge < -0.3 is 20.1 Å². The predicted molar refractivity (Wildman–Crippen MR) is 71.1 cm³/mol. The van der Waals surface area contributed by atoms with E-state index in [1.807, 2.05) is 0 Å². The van der Waals surface area contributed by atoms with Gasteiger partial charge in [-0.3, -0.25) is 9.59 Å². The van der Waals surface area contributed by atoms with E-state index in [2.05, 4.69) is 5.32 Å². The summed E-state index contributed by atoms with van der Waals surface area (Å²) in [5, 5.41) is 12.5. The molecular formula is C14H22N2O4. The van der Waals surface area contributed by atoms with Gasteiger partial charge in [0.25, 0.3) is 0 Å². The summed E-state index contributed by atoms with van der Waals surface area (Å²) in [4.78, 5) is 25.4. The fourth-order valence-electron chi connectivity index (χ4n) is 3.74. The van der Waals surface area contributed by atoms with Crippen LogP contribution in [0.1, 0.15) is 19.3 Å². The Hall–Kier alpha value is -1.14. The molecule has 3 aliphatic rings. The molecule has 2 heterocycles. The number of carbonyl (C=O) groups excluding carboxylic acids is 1. The van der Waals surface area contributed by atoms with E-state index < -0.39 is 11.9 Å². The molecule has 1 saturated carbocycles. The maximum Gasteiger partial charge on any atom is 0.311 e. The van der Waals surface area contributed by atoms with E-state index in [9.17, 15) is 14.7 Å². The summed E-state index contributed by atoms with van der Waals surface area (Å²) in [6, 6.07) is -0.320. The molecule has 0 aromatic rings. The Kier molecular flexibility index (Phi) is 3.46. The van der Waals surface area contributed by atoms with Crippen molar-refractivity contribution in [2.75, 3.05) is 33.4 Å². The second-order valence-corrected chi connectivity index (χ2v) is 6.37. The number of likely N-dealkylation sites (N-methyl/N-ethyl adjacent to an activating group) is 1. The van der Waals surface area contributed by atoms with E-state index in [4.69, 9.17) is 4.74 Å². The fraction of sp³-hybridized carbons (Fsp3) is 0.857. The third kappa shape index (κ3) is 2.20. The maximum atomic E-state index is 12.6. The van der Waals surface area contributed by atoms with Gasteiger partial charge in [0.15, 0.2) is 0 Å². The Bertz CT molecular complexity index is 419. The SMILES string of the molecule is CN(C(=O)C1CC12CCNCC2)C1COCC1C(=O)O. The number of carboxylic acid groups (broad SMARTS) is 1. The Balaban J connectivity index is 1.64. The third-order valence-corrected chi connectivity index (χ3v) is 5.30. The Morgan fingerprint density at radius 2 is 2.00 bits per heavy atom. The Labute approximate surface area is 118 Å². The smallest absolute Gasteiger partial charge is 0.311 e. The number of hydrogen-bond acceptors (Lipinski definition) is 4. The Morgan fingerprint density at radius 3 is 2.65 bits per heavy atom. The molecule has 3 unspecified atom stereocenters. The molecule has 2 N–H and O–H groups in total. The zero-order valence-electron chi connectivity index (χ0n) is 11.8. The van der Waals surface area contributed by atoms with E-state index >= 15 is 0 Å². The van der Waals surface area contributed by atoms with Crippen molar-refractivity contribution in [2.24, 2.45) is 17.3 Å². The van der Waals surface area contributed by atoms with Gasteiger partial charge in [0.05, 0.1) is 19.3 Å². The van der Waals surface area contributed by atoms with Crippen molar-refractivity contribution in [2.45, 2.75) is 25.3 Å². The van der Waals surface area contributed by atoms with Crippen LogP contribution in [0.15, 0.2) is 0 Å². The van der Waals surface area contributed by atoms with Crippen LogP contribution in [0.5, 0.6) is 0 Å². The molecule has 0 aromatic heterocycles. The molecule has 6 nitrogen and oxygen atoms in total. The number of amides is 1. The highest BCUT2D eigenvalue weighted by Crippen LogP contribution is 2.59. The van der Waals surface area contributed by atoms with E-state index in [0.717, 1.165) is 32.4 Å². The standard InChI is InChI=1S/C14H22N2O4/c1-16(11-8-20-7-9(11)13(18)19)12(17)10-6-14(10)2-4-15-5-3-14/h9-11,15H,2-8H2,1H3,(H,18,19). The van der Waals surface area contributed by atoms with Gasteiger partial charge in [-0.1, -0.05) is 0 Å². The molecule has 3 fully saturated rings. The molecular weight excluding hydrogens is 260 g/mol. The van der Waals surface area contributed by atoms with Crippen LogP contribution in [0, 0.1) is 17.3 Å². The molecule has 1 spiro atoms. The lowest BCUT2D eigenvalue weighted by Crippen LogP contribution is -2.45. The summed E-state index contributed by atoms with van der Waals surface area (Å²) in [6.45, 7) is 2.51. The molecule has 0 aromatic carbocycles. The predicted octanol–water partition coefficient (Wildman–Crippen LogP) is -0.0659. The van der Waals surface area contributed by atoms with Crippen LogP contribution < -0.4 is 5.32 Å². The number of carboxylic acids is 1. The normalized spacial score (nSPS) is 35.0. The van der Waals surface area contributed by atoms with Crippen molar-refractivity contribution in [3.05, 3.63) is 0 Å². The van der Waals surface area contributed by atoms with Gasteiger partial charge in [0.2, 0.25) is 5.91 Å². The molecule has 2 aliphatic heterocycles. The van der Waals surface area contributed by atoms with Gasteiger partial charge in [-0.2, -0.15) is 0 Å². The van der Waals surface area contributed by atoms with Crippen LogP contribution >= 0.6 is 0 Å². The van der Waals surface area contributed by atoms with Gasteiger partial charge in [0.1, 0.15) is 5.92 Å². The van der Waals surface area contributed by atoms with Crippen LogP contribution in [0.3, 0.4) is 0 Å². The fourth-order valence-corrected chi connectivity index (χ4v) is 3.74. The minimum atomic E-state index is -0.875. The molecule has 2 saturated heterocycles. The summed E-state index contributed by atoms with van der Waals surface area (Å²) < 4.78 is 5.25. The number of carbonyl (C=O) groups is 2. The maximum absolute atomic E-state index is 12.6. The number of nitrogens with one attached hydrogen (secondary N) is 1. The van der Waals surface area contributed by atoms with Gasteiger partial charge >= 0.3 is 5.97 Å². The van der Waals surface area contributed by atoms with Gasteiger partial charge in [-0.25, -0.2) is 0 Å². The topological polar surface area (TPSA) is 78.9 Å². The lowest BCUT2D eigenvalue weighted by molar-refractivity contribution is -0.145. The molecule has 3 atom stereocenters. The highest BCUT2D eigenvalue weighted by molar-refractivity contribution is 5.83. The molecule has 0 bridgehead atoms. The molecule has 1 aliphatic carbocycles. The van der Waals surface area contributed by atoms with Crippen molar-refractivity contribution in [3.63, 3.8) is 0 Å². The second kappa shape index (κ2) is 5.00. The number of aliphatic carboxylic acids is 1. The summed E-state index contributed by atoms with van der Waals surface area (Å²) in [7, 11) is 1.73. The van der Waals surface area contributed by atoms with Crippen LogP contribution in [0.2, 0.25) is 0 Å². The van der Waals surface area contributed by atoms with Crippen LogP contribution in [-0.2, 0) is 14.3 Å². The van der Waals surface area contributed by atoms with Crippen molar-refractivity contribution in [3.8, 4) is 0 Å². The molecule has 3 rings (SSSR count). The summed E-state index contributed by atoms with van der Waals surface area (Å²) in [6.07, 6.45) is 3.07. The number of nitrogens with zero attached hydrogens (tertiary/aromatic N) is 1. The number of piperidine rings is 1. The van der Waals surface area contributed by atoms with Crippen molar-refractivity contribution in [1.82, 2.24) is 10.2 Å². The minimum Gasteiger partial charge on any atom is -0.481 e. The van der Waals surface area contributed by atoms with Crippen molar-refractivity contribution >= 4 is 11.9 Å². The first-order chi connectivity index (χ1) is 9.55. The lowest BCUT2D eigenvalue weighted by Gasteiger charge is -2.29. The minimum absolute atomic E-state index is 0.0876. The van der Waals surface area contributed by atoms with Crippen LogP contribution in [0.25, 0.3) is 0 Å². The van der Waals surface area contributed by atoms with Crippen LogP contribution in [0.4, 0.5) is 0 Å². The Morgan fingerprint density at radius 1 is 1.30 bits per heavy atom. The van der Waals surface area contributed by atoms with Crippen molar-refractivity contribution in [1.29, 1.82) is 0 Å². The molecule has 20 heavy (non-hydrogen) atoms. The molecule has 112 valence electrons. The highest BCUT2D eigenvalue weighted by atomic mass is 16.5. The summed E-state index contributed by atoms with van der Waals surface area (Å²) in [5.41, 5.74) is 0.189. The average molecular weight is 282 g/mol. The lowest BCUT2D eigenvalue weighted by atomic mass is 9.91. The zero-order chi connectivity index (χ0) is 14.3.